The largest absolute Gasteiger partial charge is 0.390 e. The van der Waals surface area contributed by atoms with Gasteiger partial charge in [-0.25, -0.2) is 9.37 Å². The fourth-order valence-electron chi connectivity index (χ4n) is 3.48. The summed E-state index contributed by atoms with van der Waals surface area (Å²) in [4.78, 5) is 31.8. The highest BCUT2D eigenvalue weighted by atomic mass is 16.2. The van der Waals surface area contributed by atoms with Gasteiger partial charge in [0.2, 0.25) is 11.9 Å². The van der Waals surface area contributed by atoms with Gasteiger partial charge in [-0.05, 0) is 19.8 Å². The van der Waals surface area contributed by atoms with Crippen LogP contribution in [-0.2, 0) is 4.79 Å². The van der Waals surface area contributed by atoms with Gasteiger partial charge in [0.25, 0.3) is 5.91 Å². The number of imide groups is 1. The Balaban J connectivity index is 1.89. The third-order valence-electron chi connectivity index (χ3n) is 4.81. The monoisotopic (exact) mass is 306 g/mol. The molecule has 0 spiro atoms. The van der Waals surface area contributed by atoms with Gasteiger partial charge in [0.1, 0.15) is 0 Å². The molecule has 0 aromatic heterocycles. The molecule has 2 heterocycles. The van der Waals surface area contributed by atoms with Crippen LogP contribution in [-0.4, -0.2) is 70.8 Å². The standard InChI is InChI=1S/C15H23N5O2/c1-4-20-11-12(18(2)15(22)19(3)13(11)21)17-14(20)16-10-8-6-5-7-9-10/h10-11H,4-9H2,1-3H3/p+1. The van der Waals surface area contributed by atoms with E-state index < -0.39 is 6.04 Å². The molecule has 0 aromatic rings. The van der Waals surface area contributed by atoms with E-state index in [9.17, 15) is 9.59 Å². The molecule has 3 amide bonds. The van der Waals surface area contributed by atoms with Gasteiger partial charge in [-0.3, -0.25) is 19.9 Å². The predicted molar refractivity (Wildman–Crippen MR) is 83.0 cm³/mol. The highest BCUT2D eigenvalue weighted by Gasteiger charge is 2.51. The minimum absolute atomic E-state index is 0.204. The van der Waals surface area contributed by atoms with Gasteiger partial charge in [0.05, 0.1) is 12.6 Å². The molecule has 1 N–H and O–H groups in total. The smallest absolute Gasteiger partial charge is 0.272 e. The number of amides is 3. The average molecular weight is 306 g/mol. The summed E-state index contributed by atoms with van der Waals surface area (Å²) in [7, 11) is 3.20. The van der Waals surface area contributed by atoms with Crippen LogP contribution in [0, 0.1) is 0 Å². The molecule has 3 rings (SSSR count). The Kier molecular flexibility index (Phi) is 3.88. The lowest BCUT2D eigenvalue weighted by Crippen LogP contribution is -2.61. The number of aliphatic imine (C=N–C) groups is 1. The second-order valence-corrected chi connectivity index (χ2v) is 6.20. The molecule has 0 bridgehead atoms. The number of carbonyl (C=O) groups is 2. The number of nitrogens with one attached hydrogen (secondary N) is 1. The number of fused-ring (bicyclic) bond motifs is 1. The molecule has 1 unspecified atom stereocenters. The van der Waals surface area contributed by atoms with Crippen molar-refractivity contribution in [3.63, 3.8) is 0 Å². The number of urea groups is 1. The molecule has 3 aliphatic rings. The van der Waals surface area contributed by atoms with Crippen LogP contribution in [0.3, 0.4) is 0 Å². The van der Waals surface area contributed by atoms with E-state index in [1.54, 1.807) is 7.05 Å². The summed E-state index contributed by atoms with van der Waals surface area (Å²) < 4.78 is 1.96. The summed E-state index contributed by atoms with van der Waals surface area (Å²) >= 11 is 0. The van der Waals surface area contributed by atoms with Gasteiger partial charge in [-0.1, -0.05) is 24.3 Å². The first-order valence-electron chi connectivity index (χ1n) is 8.08. The van der Waals surface area contributed by atoms with Gasteiger partial charge >= 0.3 is 12.0 Å². The molecule has 1 aliphatic carbocycles. The minimum atomic E-state index is -0.483. The van der Waals surface area contributed by atoms with Crippen molar-refractivity contribution in [2.24, 2.45) is 4.99 Å². The van der Waals surface area contributed by atoms with Crippen molar-refractivity contribution < 1.29 is 14.2 Å². The molecule has 2 aliphatic heterocycles. The van der Waals surface area contributed by atoms with Crippen LogP contribution in [0.15, 0.2) is 4.99 Å². The molecule has 1 atom stereocenters. The van der Waals surface area contributed by atoms with E-state index in [2.05, 4.69) is 10.3 Å². The van der Waals surface area contributed by atoms with Crippen molar-refractivity contribution in [2.45, 2.75) is 51.1 Å². The Hall–Kier alpha value is -1.92. The normalized spacial score (nSPS) is 26.5. The summed E-state index contributed by atoms with van der Waals surface area (Å²) in [6.45, 7) is 2.68. The predicted octanol–water partition coefficient (Wildman–Crippen LogP) is 0.602. The molecular weight excluding hydrogens is 282 g/mol. The SMILES string of the molecule is CC[N+]1=C(NC2CCCCC2)N=C2C1C(=O)N(C)C(=O)N2C. The third kappa shape index (κ3) is 2.28. The summed E-state index contributed by atoms with van der Waals surface area (Å²) in [5, 5.41) is 3.49. The zero-order valence-electron chi connectivity index (χ0n) is 13.5. The number of rotatable bonds is 2. The van der Waals surface area contributed by atoms with Crippen molar-refractivity contribution in [2.75, 3.05) is 20.6 Å². The van der Waals surface area contributed by atoms with Crippen LogP contribution >= 0.6 is 0 Å². The molecule has 2 fully saturated rings. The second-order valence-electron chi connectivity index (χ2n) is 6.20. The quantitative estimate of drug-likeness (QED) is 0.760. The first-order valence-corrected chi connectivity index (χ1v) is 8.08. The Morgan fingerprint density at radius 2 is 1.86 bits per heavy atom. The van der Waals surface area contributed by atoms with E-state index in [0.29, 0.717) is 18.4 Å². The number of amidine groups is 1. The fourth-order valence-corrected chi connectivity index (χ4v) is 3.48. The van der Waals surface area contributed by atoms with Crippen molar-refractivity contribution in [3.8, 4) is 0 Å². The van der Waals surface area contributed by atoms with Crippen LogP contribution in [0.1, 0.15) is 39.0 Å². The van der Waals surface area contributed by atoms with Gasteiger partial charge in [-0.15, -0.1) is 0 Å². The summed E-state index contributed by atoms with van der Waals surface area (Å²) in [6, 6.07) is -0.394. The van der Waals surface area contributed by atoms with Crippen molar-refractivity contribution >= 4 is 23.7 Å². The molecule has 7 nitrogen and oxygen atoms in total. The number of hydrogen-bond acceptors (Lipinski definition) is 4. The molecular formula is C15H24N5O2+. The van der Waals surface area contributed by atoms with E-state index in [1.807, 2.05) is 11.5 Å². The average Bonchev–Trinajstić information content (AvgIpc) is 2.90. The summed E-state index contributed by atoms with van der Waals surface area (Å²) in [5.74, 6) is 1.06. The molecule has 22 heavy (non-hydrogen) atoms. The Bertz CT molecular complexity index is 562. The summed E-state index contributed by atoms with van der Waals surface area (Å²) in [5.41, 5.74) is 0. The van der Waals surface area contributed by atoms with Crippen molar-refractivity contribution in [1.29, 1.82) is 0 Å². The number of nitrogens with zero attached hydrogens (tertiary/aromatic N) is 4. The number of likely N-dealkylation sites (N-methyl/N-ethyl adjacent to an activating group) is 3. The molecule has 120 valence electrons. The maximum atomic E-state index is 12.5. The van der Waals surface area contributed by atoms with Crippen molar-refractivity contribution in [1.82, 2.24) is 15.1 Å². The third-order valence-corrected chi connectivity index (χ3v) is 4.81. The zero-order valence-corrected chi connectivity index (χ0v) is 13.5. The first-order chi connectivity index (χ1) is 10.5. The van der Waals surface area contributed by atoms with Gasteiger partial charge in [0, 0.05) is 14.1 Å². The Labute approximate surface area is 130 Å². The molecule has 1 saturated carbocycles. The Morgan fingerprint density at radius 3 is 2.50 bits per heavy atom. The fraction of sp³-hybridized carbons (Fsp3) is 0.733. The first kappa shape index (κ1) is 15.0. The van der Waals surface area contributed by atoms with E-state index in [4.69, 9.17) is 0 Å². The second kappa shape index (κ2) is 5.70. The number of hydrogen-bond donors (Lipinski definition) is 1. The van der Waals surface area contributed by atoms with E-state index in [-0.39, 0.29) is 11.9 Å². The molecule has 0 aromatic carbocycles. The minimum Gasteiger partial charge on any atom is -0.272 e. The van der Waals surface area contributed by atoms with Crippen LogP contribution < -0.4 is 5.32 Å². The number of carbonyl (C=O) groups excluding carboxylic acids is 2. The van der Waals surface area contributed by atoms with Crippen molar-refractivity contribution in [3.05, 3.63) is 0 Å². The maximum Gasteiger partial charge on any atom is 0.390 e. The van der Waals surface area contributed by atoms with Crippen LogP contribution in [0.4, 0.5) is 4.79 Å². The maximum absolute atomic E-state index is 12.5. The van der Waals surface area contributed by atoms with E-state index in [0.717, 1.165) is 18.8 Å². The highest BCUT2D eigenvalue weighted by Crippen LogP contribution is 2.21. The van der Waals surface area contributed by atoms with Gasteiger partial charge in [-0.2, -0.15) is 0 Å². The molecule has 1 saturated heterocycles. The van der Waals surface area contributed by atoms with Crippen LogP contribution in [0.25, 0.3) is 0 Å². The summed E-state index contributed by atoms with van der Waals surface area (Å²) in [6.07, 6.45) is 6.04. The van der Waals surface area contributed by atoms with Crippen LogP contribution in [0.2, 0.25) is 0 Å². The van der Waals surface area contributed by atoms with E-state index in [1.165, 1.54) is 36.1 Å². The van der Waals surface area contributed by atoms with Gasteiger partial charge in [0.15, 0.2) is 0 Å². The lowest BCUT2D eigenvalue weighted by molar-refractivity contribution is -0.533. The zero-order chi connectivity index (χ0) is 15.9. The lowest BCUT2D eigenvalue weighted by Gasteiger charge is -2.31. The number of guanidine groups is 1. The molecule has 7 heteroatoms. The van der Waals surface area contributed by atoms with Crippen LogP contribution in [0.5, 0.6) is 0 Å². The highest BCUT2D eigenvalue weighted by molar-refractivity contribution is 6.22. The van der Waals surface area contributed by atoms with Gasteiger partial charge < -0.3 is 0 Å². The lowest BCUT2D eigenvalue weighted by atomic mass is 9.96. The van der Waals surface area contributed by atoms with E-state index >= 15 is 0 Å². The topological polar surface area (TPSA) is 68.0 Å². The Morgan fingerprint density at radius 1 is 1.18 bits per heavy atom. The molecule has 0 radical (unpaired) electrons.